The Labute approximate surface area is 158 Å². The fraction of sp³-hybridized carbons (Fsp3) is 0.136. The molecule has 0 saturated carbocycles. The molecule has 136 valence electrons. The van der Waals surface area contributed by atoms with Gasteiger partial charge in [-0.15, -0.1) is 0 Å². The van der Waals surface area contributed by atoms with Crippen molar-refractivity contribution < 1.29 is 9.59 Å². The predicted molar refractivity (Wildman–Crippen MR) is 106 cm³/mol. The van der Waals surface area contributed by atoms with Crippen LogP contribution in [-0.4, -0.2) is 16.8 Å². The highest BCUT2D eigenvalue weighted by molar-refractivity contribution is 6.06. The number of aromatic nitrogens is 1. The lowest BCUT2D eigenvalue weighted by Crippen LogP contribution is -2.23. The molecule has 0 aliphatic carbocycles. The van der Waals surface area contributed by atoms with Crippen LogP contribution in [0, 0.1) is 13.8 Å². The lowest BCUT2D eigenvalue weighted by molar-refractivity contribution is 0.0951. The molecule has 1 aromatic heterocycles. The summed E-state index contributed by atoms with van der Waals surface area (Å²) in [6.07, 6.45) is 3.39. The maximum Gasteiger partial charge on any atom is 0.255 e. The molecule has 0 bridgehead atoms. The molecular formula is C22H21N3O2. The number of benzene rings is 2. The lowest BCUT2D eigenvalue weighted by Gasteiger charge is -2.09. The van der Waals surface area contributed by atoms with Crippen LogP contribution in [-0.2, 0) is 6.54 Å². The number of amides is 2. The van der Waals surface area contributed by atoms with Crippen molar-refractivity contribution in [3.05, 3.63) is 94.8 Å². The van der Waals surface area contributed by atoms with Gasteiger partial charge in [-0.1, -0.05) is 18.2 Å². The van der Waals surface area contributed by atoms with Gasteiger partial charge in [-0.3, -0.25) is 14.6 Å². The number of aryl methyl sites for hydroxylation is 2. The third kappa shape index (κ3) is 4.79. The van der Waals surface area contributed by atoms with Crippen molar-refractivity contribution in [2.45, 2.75) is 20.4 Å². The molecule has 2 N–H and O–H groups in total. The number of hydrogen-bond donors (Lipinski definition) is 2. The minimum atomic E-state index is -0.250. The molecule has 0 aliphatic heterocycles. The van der Waals surface area contributed by atoms with Gasteiger partial charge in [0.25, 0.3) is 11.8 Å². The number of carbonyl (C=O) groups excluding carboxylic acids is 2. The van der Waals surface area contributed by atoms with Gasteiger partial charge in [0.15, 0.2) is 0 Å². The molecule has 2 aromatic carbocycles. The van der Waals surface area contributed by atoms with Crippen LogP contribution in [0.2, 0.25) is 0 Å². The minimum Gasteiger partial charge on any atom is -0.348 e. The van der Waals surface area contributed by atoms with E-state index in [-0.39, 0.29) is 11.8 Å². The average molecular weight is 359 g/mol. The number of pyridine rings is 1. The summed E-state index contributed by atoms with van der Waals surface area (Å²) in [5, 5.41) is 5.71. The molecule has 0 spiro atoms. The molecular weight excluding hydrogens is 338 g/mol. The first-order valence-electron chi connectivity index (χ1n) is 8.69. The van der Waals surface area contributed by atoms with Gasteiger partial charge in [-0.25, -0.2) is 0 Å². The monoisotopic (exact) mass is 359 g/mol. The Kier molecular flexibility index (Phi) is 5.61. The summed E-state index contributed by atoms with van der Waals surface area (Å²) in [6.45, 7) is 4.40. The van der Waals surface area contributed by atoms with Gasteiger partial charge in [0.2, 0.25) is 0 Å². The van der Waals surface area contributed by atoms with Gasteiger partial charge in [-0.05, 0) is 66.9 Å². The van der Waals surface area contributed by atoms with E-state index in [4.69, 9.17) is 0 Å². The highest BCUT2D eigenvalue weighted by Crippen LogP contribution is 2.16. The number of anilines is 1. The minimum absolute atomic E-state index is 0.236. The van der Waals surface area contributed by atoms with Gasteiger partial charge in [0, 0.05) is 35.8 Å². The smallest absolute Gasteiger partial charge is 0.255 e. The molecule has 0 unspecified atom stereocenters. The van der Waals surface area contributed by atoms with Crippen LogP contribution in [0.25, 0.3) is 0 Å². The van der Waals surface area contributed by atoms with E-state index >= 15 is 0 Å². The number of hydrogen-bond acceptors (Lipinski definition) is 3. The van der Waals surface area contributed by atoms with Crippen molar-refractivity contribution >= 4 is 17.5 Å². The normalized spacial score (nSPS) is 10.3. The molecule has 2 amide bonds. The first-order chi connectivity index (χ1) is 13.0. The van der Waals surface area contributed by atoms with Gasteiger partial charge < -0.3 is 10.6 Å². The molecule has 0 radical (unpaired) electrons. The van der Waals surface area contributed by atoms with Gasteiger partial charge in [0.1, 0.15) is 0 Å². The molecule has 0 fully saturated rings. The third-order valence-corrected chi connectivity index (χ3v) is 4.33. The SMILES string of the molecule is Cc1ccc(NC(=O)c2cccc(C(=O)NCc3cccnc3)c2)cc1C. The van der Waals surface area contributed by atoms with Crippen LogP contribution >= 0.6 is 0 Å². The molecule has 5 heteroatoms. The molecule has 0 atom stereocenters. The summed E-state index contributed by atoms with van der Waals surface area (Å²) in [6, 6.07) is 16.1. The molecule has 3 rings (SSSR count). The molecule has 0 aliphatic rings. The molecule has 27 heavy (non-hydrogen) atoms. The van der Waals surface area contributed by atoms with Crippen LogP contribution in [0.3, 0.4) is 0 Å². The van der Waals surface area contributed by atoms with E-state index < -0.39 is 0 Å². The van der Waals surface area contributed by atoms with E-state index in [2.05, 4.69) is 15.6 Å². The summed E-state index contributed by atoms with van der Waals surface area (Å²) in [4.78, 5) is 28.9. The second-order valence-electron chi connectivity index (χ2n) is 6.38. The molecule has 5 nitrogen and oxygen atoms in total. The number of nitrogens with zero attached hydrogens (tertiary/aromatic N) is 1. The molecule has 1 heterocycles. The van der Waals surface area contributed by atoms with Crippen molar-refractivity contribution in [1.82, 2.24) is 10.3 Å². The van der Waals surface area contributed by atoms with Crippen LogP contribution in [0.15, 0.2) is 67.0 Å². The second kappa shape index (κ2) is 8.27. The van der Waals surface area contributed by atoms with Crippen molar-refractivity contribution in [1.29, 1.82) is 0 Å². The maximum absolute atomic E-state index is 12.5. The highest BCUT2D eigenvalue weighted by Gasteiger charge is 2.11. The Hall–Kier alpha value is -3.47. The number of rotatable bonds is 5. The van der Waals surface area contributed by atoms with E-state index in [9.17, 15) is 9.59 Å². The largest absolute Gasteiger partial charge is 0.348 e. The van der Waals surface area contributed by atoms with Crippen molar-refractivity contribution in [2.24, 2.45) is 0 Å². The summed E-state index contributed by atoms with van der Waals surface area (Å²) in [5.74, 6) is -0.486. The van der Waals surface area contributed by atoms with Crippen molar-refractivity contribution in [2.75, 3.05) is 5.32 Å². The van der Waals surface area contributed by atoms with Crippen LogP contribution in [0.5, 0.6) is 0 Å². The Balaban J connectivity index is 1.67. The zero-order valence-electron chi connectivity index (χ0n) is 15.3. The lowest BCUT2D eigenvalue weighted by atomic mass is 10.1. The maximum atomic E-state index is 12.5. The first kappa shape index (κ1) is 18.3. The van der Waals surface area contributed by atoms with Gasteiger partial charge >= 0.3 is 0 Å². The zero-order valence-corrected chi connectivity index (χ0v) is 15.3. The van der Waals surface area contributed by atoms with Gasteiger partial charge in [0.05, 0.1) is 0 Å². The van der Waals surface area contributed by atoms with Crippen molar-refractivity contribution in [3.63, 3.8) is 0 Å². The van der Waals surface area contributed by atoms with Crippen LogP contribution in [0.1, 0.15) is 37.4 Å². The predicted octanol–water partition coefficient (Wildman–Crippen LogP) is 3.88. The Morgan fingerprint density at radius 3 is 2.37 bits per heavy atom. The fourth-order valence-corrected chi connectivity index (χ4v) is 2.61. The van der Waals surface area contributed by atoms with Crippen LogP contribution in [0.4, 0.5) is 5.69 Å². The number of nitrogens with one attached hydrogen (secondary N) is 2. The third-order valence-electron chi connectivity index (χ3n) is 4.33. The summed E-state index contributed by atoms with van der Waals surface area (Å²) in [7, 11) is 0. The molecule has 3 aromatic rings. The van der Waals surface area contributed by atoms with E-state index in [1.165, 1.54) is 5.56 Å². The Morgan fingerprint density at radius 2 is 1.67 bits per heavy atom. The van der Waals surface area contributed by atoms with E-state index in [0.29, 0.717) is 17.7 Å². The number of carbonyl (C=O) groups is 2. The Bertz CT molecular complexity index is 968. The molecule has 0 saturated heterocycles. The van der Waals surface area contributed by atoms with Gasteiger partial charge in [-0.2, -0.15) is 0 Å². The second-order valence-corrected chi connectivity index (χ2v) is 6.38. The van der Waals surface area contributed by atoms with Crippen LogP contribution < -0.4 is 10.6 Å². The topological polar surface area (TPSA) is 71.1 Å². The quantitative estimate of drug-likeness (QED) is 0.726. The van der Waals surface area contributed by atoms with Crippen molar-refractivity contribution in [3.8, 4) is 0 Å². The Morgan fingerprint density at radius 1 is 0.889 bits per heavy atom. The summed E-state index contributed by atoms with van der Waals surface area (Å²) < 4.78 is 0. The zero-order chi connectivity index (χ0) is 19.2. The van der Waals surface area contributed by atoms with E-state index in [0.717, 1.165) is 16.8 Å². The summed E-state index contributed by atoms with van der Waals surface area (Å²) >= 11 is 0. The fourth-order valence-electron chi connectivity index (χ4n) is 2.61. The average Bonchev–Trinajstić information content (AvgIpc) is 2.70. The highest BCUT2D eigenvalue weighted by atomic mass is 16.2. The standard InChI is InChI=1S/C22H21N3O2/c1-15-8-9-20(11-16(15)2)25-22(27)19-7-3-6-18(12-19)21(26)24-14-17-5-4-10-23-13-17/h3-13H,14H2,1-2H3,(H,24,26)(H,25,27). The summed E-state index contributed by atoms with van der Waals surface area (Å²) in [5.41, 5.74) is 4.79. The first-order valence-corrected chi connectivity index (χ1v) is 8.69. The van der Waals surface area contributed by atoms with E-state index in [1.54, 1.807) is 36.7 Å². The van der Waals surface area contributed by atoms with E-state index in [1.807, 2.05) is 44.2 Å².